The molecule has 0 aromatic carbocycles. The van der Waals surface area contributed by atoms with Crippen molar-refractivity contribution in [3.05, 3.63) is 63.8 Å². The average molecular weight is 412 g/mol. The van der Waals surface area contributed by atoms with E-state index in [0.29, 0.717) is 38.4 Å². The maximum Gasteiger partial charge on any atom is 0.263 e. The number of pyridine rings is 2. The Labute approximate surface area is 176 Å². The van der Waals surface area contributed by atoms with Crippen molar-refractivity contribution in [2.24, 2.45) is 0 Å². The first-order chi connectivity index (χ1) is 14.6. The van der Waals surface area contributed by atoms with E-state index in [2.05, 4.69) is 9.88 Å². The van der Waals surface area contributed by atoms with Gasteiger partial charge in [-0.2, -0.15) is 0 Å². The molecule has 8 heteroatoms. The molecule has 8 nitrogen and oxygen atoms in total. The van der Waals surface area contributed by atoms with Gasteiger partial charge in [-0.25, -0.2) is 0 Å². The lowest BCUT2D eigenvalue weighted by Crippen LogP contribution is -2.50. The molecule has 2 saturated heterocycles. The summed E-state index contributed by atoms with van der Waals surface area (Å²) in [6, 6.07) is 5.59. The number of hydrogen-bond donors (Lipinski definition) is 0. The molecule has 0 radical (unpaired) electrons. The first kappa shape index (κ1) is 20.7. The molecule has 2 aliphatic heterocycles. The van der Waals surface area contributed by atoms with Crippen LogP contribution in [-0.2, 0) is 16.0 Å². The summed E-state index contributed by atoms with van der Waals surface area (Å²) >= 11 is 0. The molecule has 0 atom stereocenters. The molecule has 160 valence electrons. The summed E-state index contributed by atoms with van der Waals surface area (Å²) < 4.78 is 12.6. The van der Waals surface area contributed by atoms with Gasteiger partial charge in [0.25, 0.3) is 11.5 Å². The minimum absolute atomic E-state index is 0.102. The third kappa shape index (κ3) is 4.77. The first-order valence-corrected chi connectivity index (χ1v) is 10.5. The van der Waals surface area contributed by atoms with E-state index in [0.717, 1.165) is 31.6 Å². The normalized spacial score (nSPS) is 18.1. The van der Waals surface area contributed by atoms with Gasteiger partial charge in [-0.05, 0) is 30.2 Å². The van der Waals surface area contributed by atoms with Crippen molar-refractivity contribution in [2.45, 2.75) is 26.2 Å². The third-order valence-corrected chi connectivity index (χ3v) is 5.69. The Hall–Kier alpha value is -2.55. The minimum atomic E-state index is -0.248. The van der Waals surface area contributed by atoms with E-state index in [9.17, 15) is 9.59 Å². The van der Waals surface area contributed by atoms with Gasteiger partial charge in [0.05, 0.1) is 19.8 Å². The molecular formula is C22H28N4O4. The summed E-state index contributed by atoms with van der Waals surface area (Å²) in [6.45, 7) is 7.23. The van der Waals surface area contributed by atoms with Crippen molar-refractivity contribution in [2.75, 3.05) is 45.9 Å². The van der Waals surface area contributed by atoms with Crippen LogP contribution >= 0.6 is 0 Å². The summed E-state index contributed by atoms with van der Waals surface area (Å²) in [5, 5.41) is 0. The Morgan fingerprint density at radius 2 is 1.93 bits per heavy atom. The van der Waals surface area contributed by atoms with Crippen LogP contribution in [0.3, 0.4) is 0 Å². The fourth-order valence-electron chi connectivity index (χ4n) is 3.93. The van der Waals surface area contributed by atoms with E-state index in [1.807, 2.05) is 25.1 Å². The molecular weight excluding hydrogens is 384 g/mol. The van der Waals surface area contributed by atoms with Crippen LogP contribution < -0.4 is 5.56 Å². The molecule has 0 N–H and O–H groups in total. The van der Waals surface area contributed by atoms with Crippen molar-refractivity contribution in [3.63, 3.8) is 0 Å². The van der Waals surface area contributed by atoms with E-state index in [1.54, 1.807) is 28.1 Å². The lowest BCUT2D eigenvalue weighted by atomic mass is 10.1. The van der Waals surface area contributed by atoms with Crippen molar-refractivity contribution < 1.29 is 14.3 Å². The lowest BCUT2D eigenvalue weighted by molar-refractivity contribution is -0.0529. The molecule has 0 saturated carbocycles. The SMILES string of the molecule is Cc1ccn(Cc2cccnc2)c(=O)c1C(=O)N1CCN(CCC2OCCO2)CC1. The predicted octanol–water partition coefficient (Wildman–Crippen LogP) is 1.12. The fraction of sp³-hybridized carbons (Fsp3) is 0.500. The second-order valence-electron chi connectivity index (χ2n) is 7.76. The molecule has 2 fully saturated rings. The summed E-state index contributed by atoms with van der Waals surface area (Å²) in [5.74, 6) is -0.180. The quantitative estimate of drug-likeness (QED) is 0.708. The van der Waals surface area contributed by atoms with E-state index in [4.69, 9.17) is 9.47 Å². The standard InChI is InChI=1S/C22H28N4O4/c1-17-4-8-26(16-18-3-2-6-23-15-18)22(28)20(17)21(27)25-11-9-24(10-12-25)7-5-19-29-13-14-30-19/h2-4,6,8,15,19H,5,7,9-14,16H2,1H3. The number of rotatable bonds is 6. The zero-order valence-corrected chi connectivity index (χ0v) is 17.3. The van der Waals surface area contributed by atoms with Crippen LogP contribution in [0.4, 0.5) is 0 Å². The zero-order chi connectivity index (χ0) is 20.9. The number of nitrogens with zero attached hydrogens (tertiary/aromatic N) is 4. The predicted molar refractivity (Wildman–Crippen MR) is 111 cm³/mol. The Balaban J connectivity index is 1.39. The molecule has 0 aliphatic carbocycles. The number of ether oxygens (including phenoxy) is 2. The summed E-state index contributed by atoms with van der Waals surface area (Å²) in [4.78, 5) is 34.4. The zero-order valence-electron chi connectivity index (χ0n) is 17.3. The number of piperazine rings is 1. The highest BCUT2D eigenvalue weighted by atomic mass is 16.7. The number of carbonyl (C=O) groups excluding carboxylic acids is 1. The molecule has 1 amide bonds. The summed E-state index contributed by atoms with van der Waals surface area (Å²) in [6.07, 6.45) is 5.91. The lowest BCUT2D eigenvalue weighted by Gasteiger charge is -2.35. The Kier molecular flexibility index (Phi) is 6.56. The molecule has 4 heterocycles. The summed E-state index contributed by atoms with van der Waals surface area (Å²) in [7, 11) is 0. The number of hydrogen-bond acceptors (Lipinski definition) is 6. The summed E-state index contributed by atoms with van der Waals surface area (Å²) in [5.41, 5.74) is 1.65. The second kappa shape index (κ2) is 9.51. The highest BCUT2D eigenvalue weighted by molar-refractivity contribution is 5.95. The van der Waals surface area contributed by atoms with Gasteiger partial charge in [0, 0.05) is 57.7 Å². The monoisotopic (exact) mass is 412 g/mol. The van der Waals surface area contributed by atoms with Crippen LogP contribution in [0.15, 0.2) is 41.6 Å². The smallest absolute Gasteiger partial charge is 0.263 e. The van der Waals surface area contributed by atoms with Gasteiger partial charge < -0.3 is 18.9 Å². The van der Waals surface area contributed by atoms with Gasteiger partial charge in [-0.3, -0.25) is 19.5 Å². The van der Waals surface area contributed by atoms with Crippen LogP contribution in [0, 0.1) is 6.92 Å². The first-order valence-electron chi connectivity index (χ1n) is 10.5. The largest absolute Gasteiger partial charge is 0.350 e. The Bertz CT molecular complexity index is 916. The molecule has 0 bridgehead atoms. The van der Waals surface area contributed by atoms with Gasteiger partial charge in [0.1, 0.15) is 5.56 Å². The van der Waals surface area contributed by atoms with E-state index < -0.39 is 0 Å². The number of aromatic nitrogens is 2. The molecule has 2 aromatic rings. The third-order valence-electron chi connectivity index (χ3n) is 5.69. The Morgan fingerprint density at radius 1 is 1.17 bits per heavy atom. The van der Waals surface area contributed by atoms with Crippen molar-refractivity contribution in [1.82, 2.24) is 19.4 Å². The van der Waals surface area contributed by atoms with Gasteiger partial charge in [-0.15, -0.1) is 0 Å². The van der Waals surface area contributed by atoms with Crippen LogP contribution in [0.2, 0.25) is 0 Å². The maximum absolute atomic E-state index is 13.2. The number of carbonyl (C=O) groups is 1. The molecule has 0 unspecified atom stereocenters. The van der Waals surface area contributed by atoms with Crippen LogP contribution in [0.5, 0.6) is 0 Å². The maximum atomic E-state index is 13.2. The highest BCUT2D eigenvalue weighted by Gasteiger charge is 2.26. The average Bonchev–Trinajstić information content (AvgIpc) is 3.29. The van der Waals surface area contributed by atoms with E-state index in [-0.39, 0.29) is 23.3 Å². The second-order valence-corrected chi connectivity index (χ2v) is 7.76. The fourth-order valence-corrected chi connectivity index (χ4v) is 3.93. The molecule has 4 rings (SSSR count). The molecule has 0 spiro atoms. The van der Waals surface area contributed by atoms with Crippen molar-refractivity contribution in [1.29, 1.82) is 0 Å². The van der Waals surface area contributed by atoms with Crippen LogP contribution in [0.25, 0.3) is 0 Å². The number of aryl methyl sites for hydroxylation is 1. The van der Waals surface area contributed by atoms with Gasteiger partial charge >= 0.3 is 0 Å². The van der Waals surface area contributed by atoms with Crippen molar-refractivity contribution >= 4 is 5.91 Å². The van der Waals surface area contributed by atoms with Crippen molar-refractivity contribution in [3.8, 4) is 0 Å². The van der Waals surface area contributed by atoms with Gasteiger partial charge in [-0.1, -0.05) is 6.07 Å². The highest BCUT2D eigenvalue weighted by Crippen LogP contribution is 2.13. The minimum Gasteiger partial charge on any atom is -0.350 e. The van der Waals surface area contributed by atoms with E-state index >= 15 is 0 Å². The van der Waals surface area contributed by atoms with E-state index in [1.165, 1.54) is 0 Å². The number of amides is 1. The van der Waals surface area contributed by atoms with Crippen LogP contribution in [0.1, 0.15) is 27.9 Å². The van der Waals surface area contributed by atoms with Gasteiger partial charge in [0.2, 0.25) is 0 Å². The molecule has 2 aromatic heterocycles. The van der Waals surface area contributed by atoms with Gasteiger partial charge in [0.15, 0.2) is 6.29 Å². The van der Waals surface area contributed by atoms with Crippen LogP contribution in [-0.4, -0.2) is 77.5 Å². The topological polar surface area (TPSA) is 76.9 Å². The molecule has 30 heavy (non-hydrogen) atoms. The molecule has 2 aliphatic rings. The Morgan fingerprint density at radius 3 is 2.63 bits per heavy atom.